The summed E-state index contributed by atoms with van der Waals surface area (Å²) < 4.78 is 0. The Bertz CT molecular complexity index is 492. The molecule has 0 aliphatic rings. The number of pyridine rings is 1. The first-order valence-corrected chi connectivity index (χ1v) is 5.86. The van der Waals surface area contributed by atoms with Gasteiger partial charge in [0.05, 0.1) is 6.04 Å². The van der Waals surface area contributed by atoms with Crippen LogP contribution in [0.3, 0.4) is 0 Å². The second-order valence-corrected chi connectivity index (χ2v) is 4.36. The summed E-state index contributed by atoms with van der Waals surface area (Å²) in [5, 5.41) is 3.37. The molecule has 0 amide bonds. The molecule has 0 aliphatic carbocycles. The van der Waals surface area contributed by atoms with Crippen LogP contribution in [-0.2, 0) is 0 Å². The molecule has 0 radical (unpaired) electrons. The van der Waals surface area contributed by atoms with Crippen molar-refractivity contribution in [2.24, 2.45) is 0 Å². The Morgan fingerprint density at radius 1 is 1.06 bits per heavy atom. The zero-order valence-corrected chi connectivity index (χ0v) is 10.6. The highest BCUT2D eigenvalue weighted by Gasteiger charge is 2.13. The van der Waals surface area contributed by atoms with E-state index >= 15 is 0 Å². The van der Waals surface area contributed by atoms with Gasteiger partial charge in [-0.25, -0.2) is 0 Å². The van der Waals surface area contributed by atoms with E-state index in [1.54, 1.807) is 0 Å². The van der Waals surface area contributed by atoms with E-state index in [2.05, 4.69) is 54.5 Å². The van der Waals surface area contributed by atoms with Gasteiger partial charge >= 0.3 is 0 Å². The summed E-state index contributed by atoms with van der Waals surface area (Å²) in [5.41, 5.74) is 5.19. The molecule has 0 spiro atoms. The average molecular weight is 226 g/mol. The Balaban J connectivity index is 2.42. The van der Waals surface area contributed by atoms with Crippen molar-refractivity contribution in [1.29, 1.82) is 0 Å². The van der Waals surface area contributed by atoms with Crippen molar-refractivity contribution in [3.8, 4) is 0 Å². The van der Waals surface area contributed by atoms with E-state index in [0.29, 0.717) is 0 Å². The van der Waals surface area contributed by atoms with Gasteiger partial charge in [0, 0.05) is 12.4 Å². The van der Waals surface area contributed by atoms with Gasteiger partial charge in [-0.3, -0.25) is 4.98 Å². The fraction of sp³-hybridized carbons (Fsp3) is 0.267. The second kappa shape index (κ2) is 5.11. The van der Waals surface area contributed by atoms with Crippen LogP contribution in [0.2, 0.25) is 0 Å². The van der Waals surface area contributed by atoms with E-state index in [0.717, 1.165) is 0 Å². The number of hydrogen-bond acceptors (Lipinski definition) is 2. The molecule has 1 aromatic heterocycles. The summed E-state index contributed by atoms with van der Waals surface area (Å²) in [4.78, 5) is 4.06. The molecular weight excluding hydrogens is 208 g/mol. The summed E-state index contributed by atoms with van der Waals surface area (Å²) in [6, 6.07) is 10.9. The maximum atomic E-state index is 4.06. The van der Waals surface area contributed by atoms with Crippen LogP contribution in [0.4, 0.5) is 0 Å². The molecule has 1 heterocycles. The van der Waals surface area contributed by atoms with Crippen molar-refractivity contribution in [2.45, 2.75) is 19.9 Å². The highest BCUT2D eigenvalue weighted by atomic mass is 14.9. The van der Waals surface area contributed by atoms with Crippen LogP contribution in [-0.4, -0.2) is 12.0 Å². The molecule has 0 saturated carbocycles. The lowest BCUT2D eigenvalue weighted by molar-refractivity contribution is 0.686. The molecule has 1 unspecified atom stereocenters. The molecule has 2 heteroatoms. The summed E-state index contributed by atoms with van der Waals surface area (Å²) >= 11 is 0. The van der Waals surface area contributed by atoms with E-state index in [9.17, 15) is 0 Å². The standard InChI is InChI=1S/C15H18N2/c1-11-4-5-14(12(2)10-11)15(16-3)13-6-8-17-9-7-13/h4-10,15-16H,1-3H3. The lowest BCUT2D eigenvalue weighted by Crippen LogP contribution is -2.18. The highest BCUT2D eigenvalue weighted by Crippen LogP contribution is 2.24. The van der Waals surface area contributed by atoms with Crippen molar-refractivity contribution in [2.75, 3.05) is 7.05 Å². The number of benzene rings is 1. The summed E-state index contributed by atoms with van der Waals surface area (Å²) in [6.45, 7) is 4.28. The fourth-order valence-electron chi connectivity index (χ4n) is 2.21. The second-order valence-electron chi connectivity index (χ2n) is 4.36. The van der Waals surface area contributed by atoms with E-state index in [4.69, 9.17) is 0 Å². The number of hydrogen-bond donors (Lipinski definition) is 1. The third-order valence-electron chi connectivity index (χ3n) is 3.06. The maximum Gasteiger partial charge on any atom is 0.0578 e. The molecular formula is C15H18N2. The molecule has 0 saturated heterocycles. The Labute approximate surface area is 103 Å². The summed E-state index contributed by atoms with van der Waals surface area (Å²) in [7, 11) is 1.99. The number of aryl methyl sites for hydroxylation is 2. The minimum atomic E-state index is 0.235. The van der Waals surface area contributed by atoms with Crippen molar-refractivity contribution in [1.82, 2.24) is 10.3 Å². The zero-order chi connectivity index (χ0) is 12.3. The third kappa shape index (κ3) is 2.53. The number of nitrogens with one attached hydrogen (secondary N) is 1. The molecule has 88 valence electrons. The van der Waals surface area contributed by atoms with Crippen molar-refractivity contribution < 1.29 is 0 Å². The highest BCUT2D eigenvalue weighted by molar-refractivity contribution is 5.38. The Hall–Kier alpha value is -1.67. The largest absolute Gasteiger partial charge is 0.309 e. The fourth-order valence-corrected chi connectivity index (χ4v) is 2.21. The number of aromatic nitrogens is 1. The zero-order valence-electron chi connectivity index (χ0n) is 10.6. The molecule has 1 aromatic carbocycles. The van der Waals surface area contributed by atoms with Gasteiger partial charge in [0.15, 0.2) is 0 Å². The minimum Gasteiger partial charge on any atom is -0.309 e. The summed E-state index contributed by atoms with van der Waals surface area (Å²) in [5.74, 6) is 0. The van der Waals surface area contributed by atoms with E-state index in [-0.39, 0.29) is 6.04 Å². The van der Waals surface area contributed by atoms with Gasteiger partial charge in [0.25, 0.3) is 0 Å². The monoisotopic (exact) mass is 226 g/mol. The molecule has 2 aromatic rings. The predicted molar refractivity (Wildman–Crippen MR) is 71.1 cm³/mol. The topological polar surface area (TPSA) is 24.9 Å². The number of rotatable bonds is 3. The van der Waals surface area contributed by atoms with Gasteiger partial charge in [-0.1, -0.05) is 23.8 Å². The van der Waals surface area contributed by atoms with Crippen LogP contribution in [0.1, 0.15) is 28.3 Å². The predicted octanol–water partition coefficient (Wildman–Crippen LogP) is 3.01. The van der Waals surface area contributed by atoms with Crippen LogP contribution in [0.5, 0.6) is 0 Å². The summed E-state index contributed by atoms with van der Waals surface area (Å²) in [6.07, 6.45) is 3.67. The maximum absolute atomic E-state index is 4.06. The number of nitrogens with zero attached hydrogens (tertiary/aromatic N) is 1. The van der Waals surface area contributed by atoms with Gasteiger partial charge in [-0.15, -0.1) is 0 Å². The first kappa shape index (κ1) is 11.8. The van der Waals surface area contributed by atoms with E-state index in [1.807, 2.05) is 19.4 Å². The van der Waals surface area contributed by atoms with Crippen LogP contribution in [0.25, 0.3) is 0 Å². The molecule has 0 fully saturated rings. The van der Waals surface area contributed by atoms with Crippen molar-refractivity contribution >= 4 is 0 Å². The van der Waals surface area contributed by atoms with Gasteiger partial charge in [0.1, 0.15) is 0 Å². The van der Waals surface area contributed by atoms with E-state index < -0.39 is 0 Å². The van der Waals surface area contributed by atoms with Crippen LogP contribution >= 0.6 is 0 Å². The van der Waals surface area contributed by atoms with Gasteiger partial charge in [-0.2, -0.15) is 0 Å². The van der Waals surface area contributed by atoms with Gasteiger partial charge in [-0.05, 0) is 49.7 Å². The SMILES string of the molecule is CNC(c1ccncc1)c1ccc(C)cc1C. The molecule has 1 atom stereocenters. The first-order valence-electron chi connectivity index (χ1n) is 5.86. The molecule has 0 aliphatic heterocycles. The Morgan fingerprint density at radius 3 is 2.35 bits per heavy atom. The molecule has 17 heavy (non-hydrogen) atoms. The van der Waals surface area contributed by atoms with Crippen LogP contribution < -0.4 is 5.32 Å². The van der Waals surface area contributed by atoms with E-state index in [1.165, 1.54) is 22.3 Å². The molecule has 2 rings (SSSR count). The Morgan fingerprint density at radius 2 is 1.76 bits per heavy atom. The molecule has 2 nitrogen and oxygen atoms in total. The Kier molecular flexibility index (Phi) is 3.55. The van der Waals surface area contributed by atoms with Crippen molar-refractivity contribution in [3.05, 3.63) is 65.0 Å². The van der Waals surface area contributed by atoms with Crippen LogP contribution in [0, 0.1) is 13.8 Å². The third-order valence-corrected chi connectivity index (χ3v) is 3.06. The lowest BCUT2D eigenvalue weighted by Gasteiger charge is -2.19. The molecule has 1 N–H and O–H groups in total. The van der Waals surface area contributed by atoms with Crippen molar-refractivity contribution in [3.63, 3.8) is 0 Å². The quantitative estimate of drug-likeness (QED) is 0.870. The van der Waals surface area contributed by atoms with Gasteiger partial charge in [0.2, 0.25) is 0 Å². The minimum absolute atomic E-state index is 0.235. The van der Waals surface area contributed by atoms with Gasteiger partial charge < -0.3 is 5.32 Å². The van der Waals surface area contributed by atoms with Crippen LogP contribution in [0.15, 0.2) is 42.7 Å². The molecule has 0 bridgehead atoms. The lowest BCUT2D eigenvalue weighted by atomic mass is 9.94. The smallest absolute Gasteiger partial charge is 0.0578 e. The first-order chi connectivity index (χ1) is 8.22. The average Bonchev–Trinajstić information content (AvgIpc) is 2.34. The normalized spacial score (nSPS) is 12.4.